The summed E-state index contributed by atoms with van der Waals surface area (Å²) < 4.78 is 32.7. The number of nitrogens with one attached hydrogen (secondary N) is 2. The maximum atomic E-state index is 12.4. The number of carbonyl (C=O) groups excluding carboxylic acids is 1. The zero-order valence-corrected chi connectivity index (χ0v) is 16.3. The molecule has 8 nitrogen and oxygen atoms in total. The molecule has 1 aromatic carbocycles. The molecular weight excluding hydrogens is 368 g/mol. The average molecular weight is 397 g/mol. The fourth-order valence-electron chi connectivity index (χ4n) is 3.26. The van der Waals surface area contributed by atoms with Crippen LogP contribution < -0.4 is 10.0 Å². The lowest BCUT2D eigenvalue weighted by molar-refractivity contribution is 0.0376. The molecule has 0 spiro atoms. The summed E-state index contributed by atoms with van der Waals surface area (Å²) in [5.41, 5.74) is 0.596. The molecule has 150 valence electrons. The molecular formula is C18H28N4O4S. The number of anilines is 1. The fourth-order valence-corrected chi connectivity index (χ4v) is 4.33. The molecule has 0 aromatic heterocycles. The van der Waals surface area contributed by atoms with Crippen LogP contribution in [0, 0.1) is 0 Å². The van der Waals surface area contributed by atoms with Crippen LogP contribution in [-0.2, 0) is 14.8 Å². The smallest absolute Gasteiger partial charge is 0.321 e. The van der Waals surface area contributed by atoms with Crippen molar-refractivity contribution < 1.29 is 17.9 Å². The van der Waals surface area contributed by atoms with E-state index in [2.05, 4.69) is 14.9 Å². The quantitative estimate of drug-likeness (QED) is 0.678. The zero-order valence-electron chi connectivity index (χ0n) is 15.5. The summed E-state index contributed by atoms with van der Waals surface area (Å²) in [6.07, 6.45) is 2.81. The second-order valence-corrected chi connectivity index (χ2v) is 8.62. The van der Waals surface area contributed by atoms with E-state index in [1.807, 2.05) is 0 Å². The third kappa shape index (κ3) is 5.90. The van der Waals surface area contributed by atoms with E-state index < -0.39 is 10.0 Å². The normalized spacial score (nSPS) is 18.6. The van der Waals surface area contributed by atoms with Gasteiger partial charge in [0.05, 0.1) is 18.1 Å². The number of nitrogens with zero attached hydrogens (tertiary/aromatic N) is 2. The van der Waals surface area contributed by atoms with E-state index in [1.54, 1.807) is 17.0 Å². The molecule has 2 aliphatic rings. The fraction of sp³-hybridized carbons (Fsp3) is 0.611. The minimum atomic E-state index is -3.54. The number of sulfonamides is 1. The Morgan fingerprint density at radius 3 is 2.37 bits per heavy atom. The topological polar surface area (TPSA) is 91.0 Å². The van der Waals surface area contributed by atoms with Crippen LogP contribution in [0.5, 0.6) is 0 Å². The van der Waals surface area contributed by atoms with Crippen molar-refractivity contribution in [3.63, 3.8) is 0 Å². The van der Waals surface area contributed by atoms with Gasteiger partial charge < -0.3 is 15.0 Å². The van der Waals surface area contributed by atoms with E-state index in [0.717, 1.165) is 65.2 Å². The van der Waals surface area contributed by atoms with Gasteiger partial charge >= 0.3 is 6.03 Å². The third-order valence-electron chi connectivity index (χ3n) is 4.86. The van der Waals surface area contributed by atoms with Gasteiger partial charge in [0.1, 0.15) is 0 Å². The largest absolute Gasteiger partial charge is 0.379 e. The highest BCUT2D eigenvalue weighted by Gasteiger charge is 2.18. The number of amides is 2. The molecule has 2 amide bonds. The molecule has 9 heteroatoms. The van der Waals surface area contributed by atoms with Crippen molar-refractivity contribution in [3.05, 3.63) is 24.3 Å². The summed E-state index contributed by atoms with van der Waals surface area (Å²) in [6, 6.07) is 6.14. The summed E-state index contributed by atoms with van der Waals surface area (Å²) >= 11 is 0. The Bertz CT molecular complexity index is 711. The molecule has 3 rings (SSSR count). The number of ether oxygens (including phenoxy) is 1. The molecule has 0 radical (unpaired) electrons. The van der Waals surface area contributed by atoms with E-state index in [4.69, 9.17) is 4.74 Å². The van der Waals surface area contributed by atoms with Gasteiger partial charge in [0, 0.05) is 38.4 Å². The van der Waals surface area contributed by atoms with E-state index in [-0.39, 0.29) is 10.9 Å². The van der Waals surface area contributed by atoms with Gasteiger partial charge in [0.15, 0.2) is 0 Å². The van der Waals surface area contributed by atoms with E-state index in [1.165, 1.54) is 12.1 Å². The SMILES string of the molecule is O=C(Nc1ccc(S(=O)(=O)NCCCN2CCOCC2)cc1)N1CCCC1. The summed E-state index contributed by atoms with van der Waals surface area (Å²) in [5.74, 6) is 0. The minimum Gasteiger partial charge on any atom is -0.379 e. The number of carbonyl (C=O) groups is 1. The van der Waals surface area contributed by atoms with Crippen molar-refractivity contribution in [2.45, 2.75) is 24.2 Å². The number of hydrogen-bond acceptors (Lipinski definition) is 5. The molecule has 2 aliphatic heterocycles. The Kier molecular flexibility index (Phi) is 7.06. The van der Waals surface area contributed by atoms with Crippen LogP contribution in [-0.4, -0.2) is 76.7 Å². The van der Waals surface area contributed by atoms with Crippen LogP contribution in [0.15, 0.2) is 29.2 Å². The summed E-state index contributed by atoms with van der Waals surface area (Å²) in [5, 5.41) is 2.81. The average Bonchev–Trinajstić information content (AvgIpc) is 3.22. The first-order valence-corrected chi connectivity index (χ1v) is 11.0. The second-order valence-electron chi connectivity index (χ2n) is 6.85. The molecule has 1 aromatic rings. The van der Waals surface area contributed by atoms with Crippen LogP contribution in [0.1, 0.15) is 19.3 Å². The predicted octanol–water partition coefficient (Wildman–Crippen LogP) is 1.31. The van der Waals surface area contributed by atoms with Crippen LogP contribution >= 0.6 is 0 Å². The van der Waals surface area contributed by atoms with Crippen molar-refractivity contribution >= 4 is 21.7 Å². The van der Waals surface area contributed by atoms with Gasteiger partial charge in [-0.2, -0.15) is 0 Å². The molecule has 0 bridgehead atoms. The van der Waals surface area contributed by atoms with Gasteiger partial charge in [0.25, 0.3) is 0 Å². The highest BCUT2D eigenvalue weighted by Crippen LogP contribution is 2.16. The van der Waals surface area contributed by atoms with Crippen LogP contribution in [0.2, 0.25) is 0 Å². The van der Waals surface area contributed by atoms with Gasteiger partial charge in [-0.25, -0.2) is 17.9 Å². The number of rotatable bonds is 7. The molecule has 27 heavy (non-hydrogen) atoms. The van der Waals surface area contributed by atoms with Crippen LogP contribution in [0.3, 0.4) is 0 Å². The zero-order chi connectivity index (χ0) is 19.1. The molecule has 0 aliphatic carbocycles. The first-order chi connectivity index (χ1) is 13.0. The molecule has 2 fully saturated rings. The molecule has 2 saturated heterocycles. The van der Waals surface area contributed by atoms with E-state index in [9.17, 15) is 13.2 Å². The van der Waals surface area contributed by atoms with Crippen molar-refractivity contribution in [3.8, 4) is 0 Å². The van der Waals surface area contributed by atoms with Crippen molar-refractivity contribution in [1.82, 2.24) is 14.5 Å². The van der Waals surface area contributed by atoms with Crippen molar-refractivity contribution in [1.29, 1.82) is 0 Å². The minimum absolute atomic E-state index is 0.135. The number of benzene rings is 1. The van der Waals surface area contributed by atoms with Gasteiger partial charge in [-0.1, -0.05) is 0 Å². The lowest BCUT2D eigenvalue weighted by Crippen LogP contribution is -2.38. The maximum absolute atomic E-state index is 12.4. The van der Waals surface area contributed by atoms with Crippen LogP contribution in [0.4, 0.5) is 10.5 Å². The van der Waals surface area contributed by atoms with Gasteiger partial charge in [-0.15, -0.1) is 0 Å². The predicted molar refractivity (Wildman–Crippen MR) is 103 cm³/mol. The first kappa shape index (κ1) is 20.1. The van der Waals surface area contributed by atoms with Crippen molar-refractivity contribution in [2.24, 2.45) is 0 Å². The third-order valence-corrected chi connectivity index (χ3v) is 6.33. The van der Waals surface area contributed by atoms with Gasteiger partial charge in [-0.3, -0.25) is 4.90 Å². The standard InChI is InChI=1S/C18H28N4O4S/c23-18(22-10-1-2-11-22)20-16-4-6-17(7-5-16)27(24,25)19-8-3-9-21-12-14-26-15-13-21/h4-7,19H,1-3,8-15H2,(H,20,23). The molecule has 0 saturated carbocycles. The van der Waals surface area contributed by atoms with E-state index >= 15 is 0 Å². The van der Waals surface area contributed by atoms with Crippen molar-refractivity contribution in [2.75, 3.05) is 57.8 Å². The van der Waals surface area contributed by atoms with E-state index in [0.29, 0.717) is 12.2 Å². The monoisotopic (exact) mass is 396 g/mol. The number of likely N-dealkylation sites (tertiary alicyclic amines) is 1. The Morgan fingerprint density at radius 1 is 1.04 bits per heavy atom. The Hall–Kier alpha value is -1.68. The number of morpholine rings is 1. The number of hydrogen-bond donors (Lipinski definition) is 2. The molecule has 0 atom stereocenters. The Morgan fingerprint density at radius 2 is 1.70 bits per heavy atom. The first-order valence-electron chi connectivity index (χ1n) is 9.50. The molecule has 2 heterocycles. The lowest BCUT2D eigenvalue weighted by Gasteiger charge is -2.26. The van der Waals surface area contributed by atoms with Gasteiger partial charge in [-0.05, 0) is 50.1 Å². The highest BCUT2D eigenvalue weighted by atomic mass is 32.2. The Balaban J connectivity index is 1.45. The summed E-state index contributed by atoms with van der Waals surface area (Å²) in [4.78, 5) is 16.3. The lowest BCUT2D eigenvalue weighted by atomic mass is 10.3. The molecule has 0 unspecified atom stereocenters. The maximum Gasteiger partial charge on any atom is 0.321 e. The summed E-state index contributed by atoms with van der Waals surface area (Å²) in [7, 11) is -3.54. The van der Waals surface area contributed by atoms with Crippen LogP contribution in [0.25, 0.3) is 0 Å². The second kappa shape index (κ2) is 9.50. The summed E-state index contributed by atoms with van der Waals surface area (Å²) in [6.45, 7) is 6.08. The highest BCUT2D eigenvalue weighted by molar-refractivity contribution is 7.89. The Labute approximate surface area is 160 Å². The number of urea groups is 1. The molecule has 2 N–H and O–H groups in total. The van der Waals surface area contributed by atoms with Gasteiger partial charge in [0.2, 0.25) is 10.0 Å².